The van der Waals surface area contributed by atoms with E-state index in [2.05, 4.69) is 28.5 Å². The summed E-state index contributed by atoms with van der Waals surface area (Å²) >= 11 is 5.99. The van der Waals surface area contributed by atoms with Gasteiger partial charge in [0.15, 0.2) is 0 Å². The smallest absolute Gasteiger partial charge is 0.238 e. The Kier molecular flexibility index (Phi) is 5.40. The van der Waals surface area contributed by atoms with Crippen LogP contribution in [0.15, 0.2) is 18.2 Å². The summed E-state index contributed by atoms with van der Waals surface area (Å²) in [5, 5.41) is 6.96. The molecule has 0 radical (unpaired) electrons. The van der Waals surface area contributed by atoms with Crippen molar-refractivity contribution in [2.75, 3.05) is 26.2 Å². The minimum atomic E-state index is -0.0984. The average molecular weight is 296 g/mol. The van der Waals surface area contributed by atoms with E-state index in [1.165, 1.54) is 11.1 Å². The van der Waals surface area contributed by atoms with Gasteiger partial charge < -0.3 is 10.6 Å². The summed E-state index contributed by atoms with van der Waals surface area (Å²) in [6.07, 6.45) is 0. The van der Waals surface area contributed by atoms with Crippen LogP contribution in [-0.2, 0) is 11.3 Å². The largest absolute Gasteiger partial charge is 0.355 e. The Morgan fingerprint density at radius 1 is 1.55 bits per heavy atom. The molecule has 1 heterocycles. The first-order valence-corrected chi connectivity index (χ1v) is 7.47. The molecule has 5 heteroatoms. The molecule has 1 aromatic rings. The fraction of sp³-hybridized carbons (Fsp3) is 0.533. The fourth-order valence-electron chi connectivity index (χ4n) is 2.54. The molecule has 0 bridgehead atoms. The molecule has 110 valence electrons. The van der Waals surface area contributed by atoms with Gasteiger partial charge in [-0.1, -0.05) is 17.7 Å². The number of benzene rings is 1. The SMILES string of the molecule is CCNC(=O)C1CNCCN1Cc1ccc(Cl)cc1C. The van der Waals surface area contributed by atoms with Gasteiger partial charge >= 0.3 is 0 Å². The lowest BCUT2D eigenvalue weighted by Gasteiger charge is -2.35. The number of piperazine rings is 1. The average Bonchev–Trinajstić information content (AvgIpc) is 2.43. The summed E-state index contributed by atoms with van der Waals surface area (Å²) < 4.78 is 0. The van der Waals surface area contributed by atoms with Crippen molar-refractivity contribution in [2.45, 2.75) is 26.4 Å². The summed E-state index contributed by atoms with van der Waals surface area (Å²) in [5.41, 5.74) is 2.40. The maximum Gasteiger partial charge on any atom is 0.238 e. The normalized spacial score (nSPS) is 19.9. The van der Waals surface area contributed by atoms with E-state index < -0.39 is 0 Å². The zero-order valence-electron chi connectivity index (χ0n) is 12.1. The highest BCUT2D eigenvalue weighted by molar-refractivity contribution is 6.30. The summed E-state index contributed by atoms with van der Waals surface area (Å²) in [7, 11) is 0. The second-order valence-electron chi connectivity index (χ2n) is 5.16. The first kappa shape index (κ1) is 15.3. The Morgan fingerprint density at radius 2 is 2.35 bits per heavy atom. The lowest BCUT2D eigenvalue weighted by molar-refractivity contribution is -0.127. The third-order valence-corrected chi connectivity index (χ3v) is 3.92. The van der Waals surface area contributed by atoms with E-state index in [-0.39, 0.29) is 11.9 Å². The monoisotopic (exact) mass is 295 g/mol. The molecule has 1 aliphatic heterocycles. The van der Waals surface area contributed by atoms with Crippen molar-refractivity contribution >= 4 is 17.5 Å². The Hall–Kier alpha value is -1.10. The van der Waals surface area contributed by atoms with Crippen LogP contribution >= 0.6 is 11.6 Å². The molecule has 1 fully saturated rings. The Labute approximate surface area is 125 Å². The Morgan fingerprint density at radius 3 is 3.05 bits per heavy atom. The lowest BCUT2D eigenvalue weighted by atomic mass is 10.1. The van der Waals surface area contributed by atoms with Crippen LogP contribution in [-0.4, -0.2) is 43.0 Å². The minimum absolute atomic E-state index is 0.0984. The van der Waals surface area contributed by atoms with Gasteiger partial charge in [0.1, 0.15) is 6.04 Å². The van der Waals surface area contributed by atoms with Crippen molar-refractivity contribution in [3.8, 4) is 0 Å². The zero-order valence-corrected chi connectivity index (χ0v) is 12.8. The van der Waals surface area contributed by atoms with E-state index in [1.54, 1.807) is 0 Å². The van der Waals surface area contributed by atoms with Gasteiger partial charge in [0.2, 0.25) is 5.91 Å². The Balaban J connectivity index is 2.10. The van der Waals surface area contributed by atoms with E-state index in [0.29, 0.717) is 13.1 Å². The molecule has 1 amide bonds. The summed E-state index contributed by atoms with van der Waals surface area (Å²) in [5.74, 6) is 0.103. The van der Waals surface area contributed by atoms with Crippen LogP contribution < -0.4 is 10.6 Å². The van der Waals surface area contributed by atoms with E-state index in [0.717, 1.165) is 24.7 Å². The number of rotatable bonds is 4. The highest BCUT2D eigenvalue weighted by atomic mass is 35.5. The van der Waals surface area contributed by atoms with Crippen molar-refractivity contribution in [3.63, 3.8) is 0 Å². The molecule has 1 saturated heterocycles. The first-order valence-electron chi connectivity index (χ1n) is 7.09. The molecule has 0 aliphatic carbocycles. The van der Waals surface area contributed by atoms with E-state index in [1.807, 2.05) is 19.1 Å². The number of hydrogen-bond acceptors (Lipinski definition) is 3. The number of likely N-dealkylation sites (N-methyl/N-ethyl adjacent to an activating group) is 1. The number of aryl methyl sites for hydroxylation is 1. The molecule has 0 spiro atoms. The molecule has 1 aromatic carbocycles. The molecule has 0 saturated carbocycles. The van der Waals surface area contributed by atoms with Crippen LogP contribution in [0.4, 0.5) is 0 Å². The molecule has 1 unspecified atom stereocenters. The van der Waals surface area contributed by atoms with Crippen molar-refractivity contribution in [3.05, 3.63) is 34.3 Å². The van der Waals surface area contributed by atoms with Crippen LogP contribution in [0.25, 0.3) is 0 Å². The number of carbonyl (C=O) groups excluding carboxylic acids is 1. The van der Waals surface area contributed by atoms with Gasteiger partial charge in [-0.05, 0) is 37.1 Å². The quantitative estimate of drug-likeness (QED) is 0.886. The van der Waals surface area contributed by atoms with Crippen LogP contribution in [0.5, 0.6) is 0 Å². The van der Waals surface area contributed by atoms with E-state index in [4.69, 9.17) is 11.6 Å². The molecule has 2 rings (SSSR count). The van der Waals surface area contributed by atoms with E-state index in [9.17, 15) is 4.79 Å². The van der Waals surface area contributed by atoms with Gasteiger partial charge in [-0.15, -0.1) is 0 Å². The van der Waals surface area contributed by atoms with Crippen LogP contribution in [0.3, 0.4) is 0 Å². The number of halogens is 1. The zero-order chi connectivity index (χ0) is 14.5. The fourth-order valence-corrected chi connectivity index (χ4v) is 2.77. The van der Waals surface area contributed by atoms with Crippen molar-refractivity contribution in [1.82, 2.24) is 15.5 Å². The molecular formula is C15H22ClN3O. The summed E-state index contributed by atoms with van der Waals surface area (Å²) in [6, 6.07) is 5.83. The molecule has 1 aliphatic rings. The van der Waals surface area contributed by atoms with Gasteiger partial charge in [0.05, 0.1) is 0 Å². The number of nitrogens with one attached hydrogen (secondary N) is 2. The minimum Gasteiger partial charge on any atom is -0.355 e. The van der Waals surface area contributed by atoms with Crippen LogP contribution in [0.2, 0.25) is 5.02 Å². The highest BCUT2D eigenvalue weighted by Crippen LogP contribution is 2.18. The lowest BCUT2D eigenvalue weighted by Crippen LogP contribution is -2.57. The highest BCUT2D eigenvalue weighted by Gasteiger charge is 2.28. The van der Waals surface area contributed by atoms with Crippen molar-refractivity contribution in [2.24, 2.45) is 0 Å². The van der Waals surface area contributed by atoms with Crippen molar-refractivity contribution in [1.29, 1.82) is 0 Å². The second kappa shape index (κ2) is 7.07. The van der Waals surface area contributed by atoms with Gasteiger partial charge in [-0.25, -0.2) is 0 Å². The number of amides is 1. The van der Waals surface area contributed by atoms with Crippen LogP contribution in [0, 0.1) is 6.92 Å². The topological polar surface area (TPSA) is 44.4 Å². The first-order chi connectivity index (χ1) is 9.61. The molecule has 1 atom stereocenters. The second-order valence-corrected chi connectivity index (χ2v) is 5.59. The number of hydrogen-bond donors (Lipinski definition) is 2. The third-order valence-electron chi connectivity index (χ3n) is 3.69. The molecule has 0 aromatic heterocycles. The summed E-state index contributed by atoms with van der Waals surface area (Å²) in [6.45, 7) is 7.97. The van der Waals surface area contributed by atoms with Crippen LogP contribution in [0.1, 0.15) is 18.1 Å². The third kappa shape index (κ3) is 3.72. The van der Waals surface area contributed by atoms with Gasteiger partial charge in [-0.3, -0.25) is 9.69 Å². The standard InChI is InChI=1S/C15H22ClN3O/c1-3-18-15(20)14-9-17-6-7-19(14)10-12-4-5-13(16)8-11(12)2/h4-5,8,14,17H,3,6-7,9-10H2,1-2H3,(H,18,20). The molecule has 2 N–H and O–H groups in total. The molecular weight excluding hydrogens is 274 g/mol. The molecule has 4 nitrogen and oxygen atoms in total. The van der Waals surface area contributed by atoms with Gasteiger partial charge in [0.25, 0.3) is 0 Å². The van der Waals surface area contributed by atoms with Crippen molar-refractivity contribution < 1.29 is 4.79 Å². The predicted molar refractivity (Wildman–Crippen MR) is 81.9 cm³/mol. The van der Waals surface area contributed by atoms with E-state index >= 15 is 0 Å². The number of carbonyl (C=O) groups is 1. The maximum atomic E-state index is 12.1. The Bertz CT molecular complexity index is 478. The van der Waals surface area contributed by atoms with Gasteiger partial charge in [0, 0.05) is 37.7 Å². The van der Waals surface area contributed by atoms with Gasteiger partial charge in [-0.2, -0.15) is 0 Å². The maximum absolute atomic E-state index is 12.1. The number of nitrogens with zero attached hydrogens (tertiary/aromatic N) is 1. The summed E-state index contributed by atoms with van der Waals surface area (Å²) in [4.78, 5) is 14.4. The predicted octanol–water partition coefficient (Wildman–Crippen LogP) is 1.56. The molecule has 20 heavy (non-hydrogen) atoms.